The molecule has 0 aliphatic carbocycles. The maximum Gasteiger partial charge on any atom is 0.321 e. The Morgan fingerprint density at radius 3 is 2.04 bits per heavy atom. The number of ether oxygens (including phenoxy) is 3. The topological polar surface area (TPSA) is 61.8 Å². The van der Waals surface area contributed by atoms with Crippen LogP contribution in [0.3, 0.4) is 0 Å². The Morgan fingerprint density at radius 1 is 1.04 bits per heavy atom. The largest absolute Gasteiger partial charge is 0.464 e. The number of rotatable bonds is 11. The van der Waals surface area contributed by atoms with Gasteiger partial charge in [0.2, 0.25) is 0 Å². The van der Waals surface area contributed by atoms with E-state index in [1.807, 2.05) is 47.6 Å². The van der Waals surface area contributed by atoms with E-state index in [4.69, 9.17) is 14.2 Å². The molecule has 0 aromatic carbocycles. The van der Waals surface area contributed by atoms with Crippen LogP contribution in [0, 0.1) is 10.8 Å². The molecule has 0 rings (SSSR count). The van der Waals surface area contributed by atoms with Crippen LogP contribution < -0.4 is 0 Å². The number of allylic oxidation sites excluding steroid dienone is 1. The maximum absolute atomic E-state index is 12.7. The lowest BCUT2D eigenvalue weighted by atomic mass is 9.84. The summed E-state index contributed by atoms with van der Waals surface area (Å²) in [5, 5.41) is 0. The Balaban J connectivity index is 5.29. The lowest BCUT2D eigenvalue weighted by molar-refractivity contribution is -0.186. The van der Waals surface area contributed by atoms with Crippen molar-refractivity contribution in [3.05, 3.63) is 11.6 Å². The smallest absolute Gasteiger partial charge is 0.321 e. The van der Waals surface area contributed by atoms with Crippen LogP contribution in [-0.4, -0.2) is 31.4 Å². The first-order valence-corrected chi connectivity index (χ1v) is 9.26. The molecule has 0 N–H and O–H groups in total. The predicted molar refractivity (Wildman–Crippen MR) is 99.0 cm³/mol. The molecule has 0 amide bonds. The highest BCUT2D eigenvalue weighted by Crippen LogP contribution is 2.30. The quantitative estimate of drug-likeness (QED) is 0.306. The third kappa shape index (κ3) is 7.18. The van der Waals surface area contributed by atoms with Crippen molar-refractivity contribution in [3.8, 4) is 0 Å². The molecule has 2 unspecified atom stereocenters. The van der Waals surface area contributed by atoms with Crippen molar-refractivity contribution in [2.75, 3.05) is 13.2 Å². The van der Waals surface area contributed by atoms with E-state index in [1.54, 1.807) is 13.8 Å². The second kappa shape index (κ2) is 10.6. The minimum atomic E-state index is -1.04. The van der Waals surface area contributed by atoms with Crippen LogP contribution in [0.2, 0.25) is 0 Å². The molecule has 5 heteroatoms. The van der Waals surface area contributed by atoms with Gasteiger partial charge in [-0.25, -0.2) is 0 Å². The van der Waals surface area contributed by atoms with E-state index >= 15 is 0 Å². The highest BCUT2D eigenvalue weighted by molar-refractivity contribution is 5.81. The maximum atomic E-state index is 12.7. The molecule has 0 spiro atoms. The zero-order chi connectivity index (χ0) is 19.7. The van der Waals surface area contributed by atoms with Gasteiger partial charge in [-0.3, -0.25) is 9.59 Å². The summed E-state index contributed by atoms with van der Waals surface area (Å²) in [5.41, 5.74) is -0.537. The lowest BCUT2D eigenvalue weighted by Gasteiger charge is -2.29. The van der Waals surface area contributed by atoms with Crippen LogP contribution >= 0.6 is 0 Å². The number of hydrogen-bond acceptors (Lipinski definition) is 5. The van der Waals surface area contributed by atoms with E-state index in [1.165, 1.54) is 0 Å². The molecule has 0 aliphatic heterocycles. The molecular weight excluding hydrogens is 320 g/mol. The van der Waals surface area contributed by atoms with Crippen LogP contribution in [0.5, 0.6) is 0 Å². The van der Waals surface area contributed by atoms with Gasteiger partial charge in [-0.05, 0) is 53.9 Å². The first kappa shape index (κ1) is 23.6. The second-order valence-electron chi connectivity index (χ2n) is 7.03. The normalized spacial score (nSPS) is 16.1. The van der Waals surface area contributed by atoms with Gasteiger partial charge in [0.25, 0.3) is 0 Å². The highest BCUT2D eigenvalue weighted by Gasteiger charge is 2.38. The Morgan fingerprint density at radius 2 is 1.60 bits per heavy atom. The van der Waals surface area contributed by atoms with Gasteiger partial charge < -0.3 is 14.2 Å². The third-order valence-electron chi connectivity index (χ3n) is 4.82. The van der Waals surface area contributed by atoms with Gasteiger partial charge in [0.05, 0.1) is 5.41 Å². The van der Waals surface area contributed by atoms with Crippen molar-refractivity contribution in [2.45, 2.75) is 80.9 Å². The summed E-state index contributed by atoms with van der Waals surface area (Å²) in [5.74, 6) is -0.735. The lowest BCUT2D eigenvalue weighted by Crippen LogP contribution is -2.39. The highest BCUT2D eigenvalue weighted by atomic mass is 16.7. The molecule has 5 nitrogen and oxygen atoms in total. The number of esters is 2. The average molecular weight is 357 g/mol. The van der Waals surface area contributed by atoms with Gasteiger partial charge in [-0.15, -0.1) is 0 Å². The Hall–Kier alpha value is -1.36. The molecule has 0 heterocycles. The standard InChI is InChI=1S/C20H36O5/c1-9-15(5)13-20(8,18(22)25-16(6)23-12-4)14-24-17(21)19(7,10-2)11-3/h13,16H,9-12,14H2,1-8H3/b15-13+. The molecule has 0 aromatic heterocycles. The van der Waals surface area contributed by atoms with E-state index in [9.17, 15) is 9.59 Å². The summed E-state index contributed by atoms with van der Waals surface area (Å²) in [7, 11) is 0. The molecule has 2 atom stereocenters. The van der Waals surface area contributed by atoms with Gasteiger partial charge in [0, 0.05) is 6.61 Å². The molecule has 0 aliphatic rings. The summed E-state index contributed by atoms with van der Waals surface area (Å²) in [6.07, 6.45) is 3.37. The summed E-state index contributed by atoms with van der Waals surface area (Å²) in [6.45, 7) is 15.4. The van der Waals surface area contributed by atoms with Gasteiger partial charge >= 0.3 is 11.9 Å². The summed E-state index contributed by atoms with van der Waals surface area (Å²) in [6, 6.07) is 0. The van der Waals surface area contributed by atoms with E-state index < -0.39 is 23.1 Å². The van der Waals surface area contributed by atoms with Crippen LogP contribution in [0.4, 0.5) is 0 Å². The minimum absolute atomic E-state index is 0.0452. The molecular formula is C20H36O5. The van der Waals surface area contributed by atoms with E-state index in [-0.39, 0.29) is 12.6 Å². The molecule has 0 bridgehead atoms. The molecule has 0 saturated carbocycles. The Kier molecular flexibility index (Phi) is 10.0. The summed E-state index contributed by atoms with van der Waals surface area (Å²) in [4.78, 5) is 25.1. The van der Waals surface area contributed by atoms with Crippen molar-refractivity contribution < 1.29 is 23.8 Å². The fraction of sp³-hybridized carbons (Fsp3) is 0.800. The summed E-state index contributed by atoms with van der Waals surface area (Å²) < 4.78 is 16.2. The zero-order valence-corrected chi connectivity index (χ0v) is 17.2. The van der Waals surface area contributed by atoms with Crippen molar-refractivity contribution in [3.63, 3.8) is 0 Å². The van der Waals surface area contributed by atoms with E-state index in [2.05, 4.69) is 0 Å². The van der Waals surface area contributed by atoms with Crippen LogP contribution in [0.25, 0.3) is 0 Å². The molecule has 146 valence electrons. The fourth-order valence-electron chi connectivity index (χ4n) is 2.29. The molecule has 25 heavy (non-hydrogen) atoms. The fourth-order valence-corrected chi connectivity index (χ4v) is 2.29. The molecule has 0 saturated heterocycles. The van der Waals surface area contributed by atoms with Crippen molar-refractivity contribution in [1.29, 1.82) is 0 Å². The van der Waals surface area contributed by atoms with Crippen molar-refractivity contribution in [1.82, 2.24) is 0 Å². The van der Waals surface area contributed by atoms with Crippen LogP contribution in [0.15, 0.2) is 11.6 Å². The SMILES string of the molecule is CCOC(C)OC(=O)C(C)(/C=C(\C)CC)COC(=O)C(C)(CC)CC. The van der Waals surface area contributed by atoms with Gasteiger partial charge in [-0.1, -0.05) is 32.4 Å². The summed E-state index contributed by atoms with van der Waals surface area (Å²) >= 11 is 0. The number of carbonyl (C=O) groups excluding carboxylic acids is 2. The second-order valence-corrected chi connectivity index (χ2v) is 7.03. The van der Waals surface area contributed by atoms with Crippen molar-refractivity contribution in [2.24, 2.45) is 10.8 Å². The monoisotopic (exact) mass is 356 g/mol. The zero-order valence-electron chi connectivity index (χ0n) is 17.2. The van der Waals surface area contributed by atoms with Crippen molar-refractivity contribution >= 4 is 11.9 Å². The number of carbonyl (C=O) groups is 2. The average Bonchev–Trinajstić information content (AvgIpc) is 2.58. The minimum Gasteiger partial charge on any atom is -0.464 e. The molecule has 0 aromatic rings. The van der Waals surface area contributed by atoms with Crippen LogP contribution in [0.1, 0.15) is 74.7 Å². The Labute approximate surface area is 153 Å². The molecule has 0 fully saturated rings. The van der Waals surface area contributed by atoms with E-state index in [0.29, 0.717) is 19.4 Å². The first-order chi connectivity index (χ1) is 11.6. The molecule has 0 radical (unpaired) electrons. The Bertz CT molecular complexity index is 465. The first-order valence-electron chi connectivity index (χ1n) is 9.26. The predicted octanol–water partition coefficient (Wildman–Crippen LogP) is 4.64. The van der Waals surface area contributed by atoms with Gasteiger partial charge in [-0.2, -0.15) is 0 Å². The third-order valence-corrected chi connectivity index (χ3v) is 4.82. The van der Waals surface area contributed by atoms with Crippen LogP contribution in [-0.2, 0) is 23.8 Å². The number of hydrogen-bond donors (Lipinski definition) is 0. The van der Waals surface area contributed by atoms with E-state index in [0.717, 1.165) is 12.0 Å². The van der Waals surface area contributed by atoms with Gasteiger partial charge in [0.15, 0.2) is 6.29 Å². The van der Waals surface area contributed by atoms with Gasteiger partial charge in [0.1, 0.15) is 12.0 Å².